The van der Waals surface area contributed by atoms with Crippen LogP contribution >= 0.6 is 11.6 Å². The van der Waals surface area contributed by atoms with E-state index in [1.54, 1.807) is 13.1 Å². The van der Waals surface area contributed by atoms with Gasteiger partial charge in [-0.3, -0.25) is 0 Å². The Labute approximate surface area is 181 Å². The molecule has 0 radical (unpaired) electrons. The van der Waals surface area contributed by atoms with Crippen molar-refractivity contribution >= 4 is 39.8 Å². The van der Waals surface area contributed by atoms with Crippen LogP contribution in [0.5, 0.6) is 0 Å². The highest BCUT2D eigenvalue weighted by molar-refractivity contribution is 6.28. The van der Waals surface area contributed by atoms with Crippen molar-refractivity contribution in [1.29, 1.82) is 0 Å². The zero-order chi connectivity index (χ0) is 22.2. The molecule has 31 heavy (non-hydrogen) atoms. The number of nitrogens with two attached hydrogens (primary N) is 1. The van der Waals surface area contributed by atoms with E-state index < -0.39 is 17.8 Å². The van der Waals surface area contributed by atoms with Gasteiger partial charge in [-0.25, -0.2) is 9.97 Å². The van der Waals surface area contributed by atoms with Crippen LogP contribution in [0.2, 0.25) is 5.28 Å². The molecule has 0 saturated carbocycles. The zero-order valence-corrected chi connectivity index (χ0v) is 17.3. The average Bonchev–Trinajstić information content (AvgIpc) is 2.73. The highest BCUT2D eigenvalue weighted by atomic mass is 35.5. The van der Waals surface area contributed by atoms with Gasteiger partial charge in [0.05, 0.1) is 42.1 Å². The lowest BCUT2D eigenvalue weighted by Crippen LogP contribution is -2.36. The van der Waals surface area contributed by atoms with Crippen molar-refractivity contribution in [3.05, 3.63) is 46.9 Å². The number of aromatic nitrogens is 3. The van der Waals surface area contributed by atoms with E-state index in [9.17, 15) is 13.2 Å². The lowest BCUT2D eigenvalue weighted by atomic mass is 10.0. The highest BCUT2D eigenvalue weighted by Crippen LogP contribution is 2.34. The molecule has 0 spiro atoms. The van der Waals surface area contributed by atoms with Crippen LogP contribution in [-0.2, 0) is 10.9 Å². The Bertz CT molecular complexity index is 1100. The first-order valence-corrected chi connectivity index (χ1v) is 9.98. The summed E-state index contributed by atoms with van der Waals surface area (Å²) in [6.07, 6.45) is -2.79. The van der Waals surface area contributed by atoms with Gasteiger partial charge in [-0.15, -0.1) is 0 Å². The number of rotatable bonds is 4. The number of nitrogens with one attached hydrogen (secondary N) is 1. The number of hydrogen-bond acceptors (Lipinski definition) is 7. The molecule has 1 atom stereocenters. The van der Waals surface area contributed by atoms with Crippen molar-refractivity contribution in [3.8, 4) is 0 Å². The zero-order valence-electron chi connectivity index (χ0n) is 16.6. The van der Waals surface area contributed by atoms with E-state index in [2.05, 4.69) is 25.2 Å². The number of morpholine rings is 1. The van der Waals surface area contributed by atoms with Crippen LogP contribution in [0.3, 0.4) is 0 Å². The van der Waals surface area contributed by atoms with Crippen LogP contribution in [0.25, 0.3) is 11.0 Å². The summed E-state index contributed by atoms with van der Waals surface area (Å²) >= 11 is 6.05. The topological polar surface area (TPSA) is 89.2 Å². The summed E-state index contributed by atoms with van der Waals surface area (Å²) in [7, 11) is 0. The molecule has 4 rings (SSSR count). The summed E-state index contributed by atoms with van der Waals surface area (Å²) in [5.41, 5.74) is 6.55. The molecule has 1 fully saturated rings. The van der Waals surface area contributed by atoms with Crippen LogP contribution < -0.4 is 16.0 Å². The number of ether oxygens (including phenoxy) is 1. The fourth-order valence-electron chi connectivity index (χ4n) is 3.46. The molecular weight excluding hydrogens is 433 g/mol. The molecule has 11 heteroatoms. The van der Waals surface area contributed by atoms with Crippen molar-refractivity contribution in [2.24, 2.45) is 0 Å². The van der Waals surface area contributed by atoms with Gasteiger partial charge >= 0.3 is 6.18 Å². The first-order chi connectivity index (χ1) is 14.7. The molecule has 7 nitrogen and oxygen atoms in total. The van der Waals surface area contributed by atoms with E-state index >= 15 is 0 Å². The first kappa shape index (κ1) is 21.4. The number of alkyl halides is 3. The smallest absolute Gasteiger partial charge is 0.399 e. The largest absolute Gasteiger partial charge is 0.416 e. The number of fused-ring (bicyclic) bond motifs is 1. The normalized spacial score (nSPS) is 15.8. The summed E-state index contributed by atoms with van der Waals surface area (Å²) in [5.74, 6) is 0.376. The molecule has 164 valence electrons. The number of anilines is 3. The molecular formula is C20H20ClF3N6O. The lowest BCUT2D eigenvalue weighted by Gasteiger charge is -2.28. The molecule has 1 aliphatic rings. The third-order valence-corrected chi connectivity index (χ3v) is 5.21. The summed E-state index contributed by atoms with van der Waals surface area (Å²) in [4.78, 5) is 14.9. The third kappa shape index (κ3) is 4.75. The maximum absolute atomic E-state index is 13.2. The Morgan fingerprint density at radius 1 is 1.16 bits per heavy atom. The van der Waals surface area contributed by atoms with Crippen LogP contribution in [0.15, 0.2) is 30.5 Å². The van der Waals surface area contributed by atoms with E-state index in [1.807, 2.05) is 6.07 Å². The molecule has 0 unspecified atom stereocenters. The predicted octanol–water partition coefficient (Wildman–Crippen LogP) is 4.29. The number of nitrogen functional groups attached to an aromatic ring is 1. The van der Waals surface area contributed by atoms with Crippen molar-refractivity contribution in [1.82, 2.24) is 15.0 Å². The quantitative estimate of drug-likeness (QED) is 0.451. The van der Waals surface area contributed by atoms with Gasteiger partial charge < -0.3 is 20.7 Å². The van der Waals surface area contributed by atoms with Gasteiger partial charge in [0.1, 0.15) is 5.82 Å². The fraction of sp³-hybridized carbons (Fsp3) is 0.350. The van der Waals surface area contributed by atoms with Crippen molar-refractivity contribution in [2.75, 3.05) is 42.3 Å². The molecule has 0 aliphatic carbocycles. The minimum atomic E-state index is -4.49. The molecule has 3 N–H and O–H groups in total. The van der Waals surface area contributed by atoms with E-state index in [-0.39, 0.29) is 11.0 Å². The van der Waals surface area contributed by atoms with E-state index in [0.717, 1.165) is 30.9 Å². The van der Waals surface area contributed by atoms with Crippen molar-refractivity contribution in [2.45, 2.75) is 19.1 Å². The van der Waals surface area contributed by atoms with Gasteiger partial charge in [-0.05, 0) is 48.4 Å². The molecule has 1 aromatic carbocycles. The molecule has 1 aliphatic heterocycles. The second-order valence-corrected chi connectivity index (χ2v) is 7.60. The number of hydrogen-bond donors (Lipinski definition) is 2. The Kier molecular flexibility index (Phi) is 5.76. The van der Waals surface area contributed by atoms with Crippen molar-refractivity contribution in [3.63, 3.8) is 0 Å². The van der Waals surface area contributed by atoms with Gasteiger partial charge in [0.15, 0.2) is 5.65 Å². The fourth-order valence-corrected chi connectivity index (χ4v) is 3.62. The molecule has 3 aromatic rings. The standard InChI is InChI=1S/C20H20ClF3N6O/c1-11(12-6-13(20(22,23)24)8-14(25)7-12)27-18-16-9-15(30-2-4-31-5-3-30)10-26-17(16)28-19(21)29-18/h6-11H,2-5,25H2,1H3,(H,26,27,28,29)/t11-/m1/s1. The van der Waals surface area contributed by atoms with Gasteiger partial charge in [0.2, 0.25) is 5.28 Å². The summed E-state index contributed by atoms with van der Waals surface area (Å²) in [6, 6.07) is 4.82. The van der Waals surface area contributed by atoms with Gasteiger partial charge in [0, 0.05) is 18.8 Å². The Morgan fingerprint density at radius 2 is 1.90 bits per heavy atom. The molecule has 0 bridgehead atoms. The van der Waals surface area contributed by atoms with Gasteiger partial charge in [0.25, 0.3) is 0 Å². The maximum atomic E-state index is 13.2. The number of nitrogens with zero attached hydrogens (tertiary/aromatic N) is 4. The monoisotopic (exact) mass is 452 g/mol. The third-order valence-electron chi connectivity index (χ3n) is 5.04. The van der Waals surface area contributed by atoms with Crippen LogP contribution in [0, 0.1) is 0 Å². The number of pyridine rings is 1. The van der Waals surface area contributed by atoms with Crippen molar-refractivity contribution < 1.29 is 17.9 Å². The second-order valence-electron chi connectivity index (χ2n) is 7.26. The van der Waals surface area contributed by atoms with Crippen LogP contribution in [0.1, 0.15) is 24.1 Å². The average molecular weight is 453 g/mol. The first-order valence-electron chi connectivity index (χ1n) is 9.61. The second kappa shape index (κ2) is 8.35. The highest BCUT2D eigenvalue weighted by Gasteiger charge is 2.31. The maximum Gasteiger partial charge on any atom is 0.416 e. The Morgan fingerprint density at radius 3 is 2.61 bits per heavy atom. The summed E-state index contributed by atoms with van der Waals surface area (Å²) < 4.78 is 44.9. The molecule has 3 heterocycles. The summed E-state index contributed by atoms with van der Waals surface area (Å²) in [6.45, 7) is 4.41. The minimum absolute atomic E-state index is 0.0163. The molecule has 1 saturated heterocycles. The Balaban J connectivity index is 1.69. The number of halogens is 4. The number of benzene rings is 1. The molecule has 0 amide bonds. The van der Waals surface area contributed by atoms with E-state index in [0.29, 0.717) is 35.6 Å². The lowest BCUT2D eigenvalue weighted by molar-refractivity contribution is -0.137. The summed E-state index contributed by atoms with van der Waals surface area (Å²) in [5, 5.41) is 3.73. The van der Waals surface area contributed by atoms with Gasteiger partial charge in [-0.1, -0.05) is 0 Å². The van der Waals surface area contributed by atoms with E-state index in [1.165, 1.54) is 6.07 Å². The van der Waals surface area contributed by atoms with Gasteiger partial charge in [-0.2, -0.15) is 18.2 Å². The molecule has 2 aromatic heterocycles. The van der Waals surface area contributed by atoms with Crippen LogP contribution in [0.4, 0.5) is 30.4 Å². The van der Waals surface area contributed by atoms with E-state index in [4.69, 9.17) is 22.1 Å². The predicted molar refractivity (Wildman–Crippen MR) is 113 cm³/mol. The SMILES string of the molecule is C[C@@H](Nc1nc(Cl)nc2ncc(N3CCOCC3)cc12)c1cc(N)cc(C(F)(F)F)c1. The Hall–Kier alpha value is -2.85. The van der Waals surface area contributed by atoms with Crippen LogP contribution in [-0.4, -0.2) is 41.3 Å². The minimum Gasteiger partial charge on any atom is -0.399 e.